The fourth-order valence-corrected chi connectivity index (χ4v) is 6.92. The summed E-state index contributed by atoms with van der Waals surface area (Å²) in [6.07, 6.45) is 7.83. The molecule has 6 heteroatoms. The van der Waals surface area contributed by atoms with Crippen LogP contribution in [0.1, 0.15) is 55.3 Å². The van der Waals surface area contributed by atoms with Crippen LogP contribution in [0.4, 0.5) is 10.2 Å². The van der Waals surface area contributed by atoms with Crippen LogP contribution in [0, 0.1) is 48.7 Å². The Balaban J connectivity index is 1.37. The van der Waals surface area contributed by atoms with Gasteiger partial charge in [0.2, 0.25) is 0 Å². The van der Waals surface area contributed by atoms with Gasteiger partial charge < -0.3 is 10.6 Å². The molecule has 4 fully saturated rings. The van der Waals surface area contributed by atoms with E-state index in [-0.39, 0.29) is 17.3 Å². The van der Waals surface area contributed by atoms with Crippen LogP contribution >= 0.6 is 0 Å². The topological polar surface area (TPSA) is 74.4 Å². The minimum atomic E-state index is -0.353. The molecule has 0 atom stereocenters. The van der Waals surface area contributed by atoms with Crippen molar-refractivity contribution in [2.75, 3.05) is 11.9 Å². The maximum atomic E-state index is 13.9. The Kier molecular flexibility index (Phi) is 4.90. The summed E-state index contributed by atoms with van der Waals surface area (Å²) in [5.74, 6) is 2.49. The highest BCUT2D eigenvalue weighted by atomic mass is 19.1. The molecule has 2 aromatic rings. The molecule has 0 saturated heterocycles. The van der Waals surface area contributed by atoms with Crippen LogP contribution in [0.3, 0.4) is 0 Å². The molecule has 0 radical (unpaired) electrons. The summed E-state index contributed by atoms with van der Waals surface area (Å²) >= 11 is 0. The van der Waals surface area contributed by atoms with Gasteiger partial charge in [-0.15, -0.1) is 0 Å². The molecule has 4 aliphatic rings. The van der Waals surface area contributed by atoms with Crippen molar-refractivity contribution in [3.8, 4) is 11.8 Å². The Morgan fingerprint density at radius 3 is 2.45 bits per heavy atom. The number of rotatable bonds is 5. The SMILES string of the molecule is Cc1c(C#N)c(NC(=O)C[NH2+]C23CC4CC(CC(C4)C2)C3)n(-c2cccc(F)c2)c1C. The van der Waals surface area contributed by atoms with Crippen molar-refractivity contribution >= 4 is 11.7 Å². The second kappa shape index (κ2) is 7.49. The lowest BCUT2D eigenvalue weighted by Crippen LogP contribution is -3.00. The van der Waals surface area contributed by atoms with Crippen molar-refractivity contribution in [1.29, 1.82) is 5.26 Å². The number of aromatic nitrogens is 1. The van der Waals surface area contributed by atoms with E-state index in [1.54, 1.807) is 16.7 Å². The van der Waals surface area contributed by atoms with Gasteiger partial charge in [-0.3, -0.25) is 9.36 Å². The Bertz CT molecular complexity index is 1040. The third-order valence-corrected chi connectivity index (χ3v) is 7.96. The van der Waals surface area contributed by atoms with Crippen LogP contribution in [-0.2, 0) is 4.79 Å². The van der Waals surface area contributed by atoms with Gasteiger partial charge in [-0.25, -0.2) is 4.39 Å². The molecule has 31 heavy (non-hydrogen) atoms. The summed E-state index contributed by atoms with van der Waals surface area (Å²) < 4.78 is 15.7. The van der Waals surface area contributed by atoms with Gasteiger partial charge in [0.25, 0.3) is 5.91 Å². The average molecular weight is 422 g/mol. The normalized spacial score (nSPS) is 28.5. The zero-order valence-electron chi connectivity index (χ0n) is 18.2. The summed E-state index contributed by atoms with van der Waals surface area (Å²) in [5, 5.41) is 15.0. The third kappa shape index (κ3) is 3.55. The van der Waals surface area contributed by atoms with Crippen molar-refractivity contribution < 1.29 is 14.5 Å². The lowest BCUT2D eigenvalue weighted by molar-refractivity contribution is -0.729. The van der Waals surface area contributed by atoms with Gasteiger partial charge in [0.1, 0.15) is 17.7 Å². The van der Waals surface area contributed by atoms with E-state index in [0.717, 1.165) is 29.0 Å². The number of amides is 1. The van der Waals surface area contributed by atoms with Crippen LogP contribution in [0.15, 0.2) is 24.3 Å². The highest BCUT2D eigenvalue weighted by Gasteiger charge is 2.53. The molecule has 4 saturated carbocycles. The number of nitriles is 1. The minimum absolute atomic E-state index is 0.109. The second-order valence-electron chi connectivity index (χ2n) is 10.1. The largest absolute Gasteiger partial charge is 0.334 e. The first-order valence-corrected chi connectivity index (χ1v) is 11.4. The monoisotopic (exact) mass is 421 g/mol. The summed E-state index contributed by atoms with van der Waals surface area (Å²) in [7, 11) is 0. The Hall–Kier alpha value is -2.65. The number of hydrogen-bond acceptors (Lipinski definition) is 2. The van der Waals surface area contributed by atoms with E-state index in [9.17, 15) is 14.4 Å². The van der Waals surface area contributed by atoms with E-state index >= 15 is 0 Å². The van der Waals surface area contributed by atoms with Crippen molar-refractivity contribution in [2.45, 2.75) is 57.9 Å². The van der Waals surface area contributed by atoms with E-state index in [1.807, 2.05) is 13.8 Å². The first kappa shape index (κ1) is 20.3. The lowest BCUT2D eigenvalue weighted by atomic mass is 9.53. The minimum Gasteiger partial charge on any atom is -0.334 e. The van der Waals surface area contributed by atoms with Crippen molar-refractivity contribution in [3.63, 3.8) is 0 Å². The van der Waals surface area contributed by atoms with E-state index < -0.39 is 0 Å². The third-order valence-electron chi connectivity index (χ3n) is 7.96. The molecule has 6 rings (SSSR count). The zero-order chi connectivity index (χ0) is 21.8. The number of hydrogen-bond donors (Lipinski definition) is 2. The molecule has 0 spiro atoms. The molecular formula is C25H30FN4O+. The predicted octanol–water partition coefficient (Wildman–Crippen LogP) is 3.58. The first-order chi connectivity index (χ1) is 14.9. The maximum absolute atomic E-state index is 13.9. The number of carbonyl (C=O) groups excluding carboxylic acids is 1. The van der Waals surface area contributed by atoms with Gasteiger partial charge in [-0.2, -0.15) is 5.26 Å². The van der Waals surface area contributed by atoms with E-state index in [2.05, 4.69) is 16.7 Å². The van der Waals surface area contributed by atoms with Crippen LogP contribution in [0.25, 0.3) is 5.69 Å². The highest BCUT2D eigenvalue weighted by molar-refractivity contribution is 5.93. The molecule has 1 amide bonds. The number of nitrogens with two attached hydrogens (primary N) is 1. The number of nitrogens with zero attached hydrogens (tertiary/aromatic N) is 2. The van der Waals surface area contributed by atoms with E-state index in [0.29, 0.717) is 23.6 Å². The van der Waals surface area contributed by atoms with Crippen molar-refractivity contribution in [2.24, 2.45) is 17.8 Å². The van der Waals surface area contributed by atoms with Crippen molar-refractivity contribution in [1.82, 2.24) is 4.57 Å². The Labute approximate surface area is 182 Å². The van der Waals surface area contributed by atoms with Gasteiger partial charge >= 0.3 is 0 Å². The number of quaternary nitrogens is 1. The second-order valence-corrected chi connectivity index (χ2v) is 10.1. The number of benzene rings is 1. The van der Waals surface area contributed by atoms with Gasteiger partial charge in [0.05, 0.1) is 16.8 Å². The molecule has 4 bridgehead atoms. The summed E-state index contributed by atoms with van der Waals surface area (Å²) in [6.45, 7) is 4.10. The fraction of sp³-hybridized carbons (Fsp3) is 0.520. The molecule has 5 nitrogen and oxygen atoms in total. The van der Waals surface area contributed by atoms with Crippen LogP contribution in [-0.4, -0.2) is 22.6 Å². The van der Waals surface area contributed by atoms with Crippen LogP contribution in [0.5, 0.6) is 0 Å². The molecule has 162 valence electrons. The first-order valence-electron chi connectivity index (χ1n) is 11.4. The van der Waals surface area contributed by atoms with Gasteiger partial charge in [-0.1, -0.05) is 6.07 Å². The molecule has 1 heterocycles. The van der Waals surface area contributed by atoms with Crippen molar-refractivity contribution in [3.05, 3.63) is 46.9 Å². The number of nitrogens with one attached hydrogen (secondary N) is 1. The lowest BCUT2D eigenvalue weighted by Gasteiger charge is -2.54. The number of halogens is 1. The number of anilines is 1. The van der Waals surface area contributed by atoms with Gasteiger partial charge in [0, 0.05) is 25.0 Å². The molecule has 1 aromatic carbocycles. The average Bonchev–Trinajstić information content (AvgIpc) is 2.95. The smallest absolute Gasteiger partial charge is 0.280 e. The molecule has 0 aliphatic heterocycles. The number of carbonyl (C=O) groups is 1. The predicted molar refractivity (Wildman–Crippen MR) is 116 cm³/mol. The molecule has 1 aromatic heterocycles. The van der Waals surface area contributed by atoms with Crippen LogP contribution in [0.2, 0.25) is 0 Å². The standard InChI is InChI=1S/C25H29FN4O/c1-15-16(2)30(21-5-3-4-20(26)9-21)24(22(15)13-27)29-23(31)14-28-25-10-17-6-18(11-25)8-19(7-17)12-25/h3-5,9,17-19,28H,6-8,10-12,14H2,1-2H3,(H,29,31)/p+1. The molecule has 4 aliphatic carbocycles. The summed E-state index contributed by atoms with van der Waals surface area (Å²) in [5.41, 5.74) is 2.88. The summed E-state index contributed by atoms with van der Waals surface area (Å²) in [4.78, 5) is 13.0. The van der Waals surface area contributed by atoms with E-state index in [4.69, 9.17) is 0 Å². The summed E-state index contributed by atoms with van der Waals surface area (Å²) in [6, 6.07) is 8.46. The zero-order valence-corrected chi connectivity index (χ0v) is 18.2. The molecule has 0 unspecified atom stereocenters. The van der Waals surface area contributed by atoms with Crippen LogP contribution < -0.4 is 10.6 Å². The Morgan fingerprint density at radius 2 is 1.87 bits per heavy atom. The highest BCUT2D eigenvalue weighted by Crippen LogP contribution is 2.54. The molecule has 3 N–H and O–H groups in total. The fourth-order valence-electron chi connectivity index (χ4n) is 6.92. The quantitative estimate of drug-likeness (QED) is 0.774. The van der Waals surface area contributed by atoms with E-state index in [1.165, 1.54) is 50.7 Å². The van der Waals surface area contributed by atoms with Gasteiger partial charge in [-0.05, 0) is 74.6 Å². The Morgan fingerprint density at radius 1 is 1.23 bits per heavy atom. The van der Waals surface area contributed by atoms with Gasteiger partial charge in [0.15, 0.2) is 6.54 Å². The maximum Gasteiger partial charge on any atom is 0.280 e. The molecular weight excluding hydrogens is 391 g/mol.